The van der Waals surface area contributed by atoms with Gasteiger partial charge in [0.05, 0.1) is 37.6 Å². The minimum atomic E-state index is -2.45. The molecule has 4 heterocycles. The van der Waals surface area contributed by atoms with Gasteiger partial charge in [0.25, 0.3) is 11.7 Å². The number of likely N-dealkylation sites (tertiary alicyclic amines) is 1. The molecule has 442 valence electrons. The Labute approximate surface area is 467 Å². The molecule has 0 aromatic heterocycles. The number of carbonyl (C=O) groups excluding carboxylic acids is 5. The summed E-state index contributed by atoms with van der Waals surface area (Å²) in [5, 5.41) is 23.8. The van der Waals surface area contributed by atoms with Crippen LogP contribution in [-0.4, -0.2) is 171 Å². The summed E-state index contributed by atoms with van der Waals surface area (Å²) < 4.78 is 42.4. The summed E-state index contributed by atoms with van der Waals surface area (Å²) >= 11 is 0. The number of allylic oxidation sites excluding steroid dienone is 6. The molecule has 0 aromatic rings. The molecule has 5 rings (SSSR count). The number of esters is 1. The highest BCUT2D eigenvalue weighted by molar-refractivity contribution is 6.39. The van der Waals surface area contributed by atoms with E-state index in [1.54, 1.807) is 41.1 Å². The van der Waals surface area contributed by atoms with Crippen LogP contribution in [0, 0.1) is 41.4 Å². The fourth-order valence-electron chi connectivity index (χ4n) is 12.3. The smallest absolute Gasteiger partial charge is 0.329 e. The van der Waals surface area contributed by atoms with E-state index in [4.69, 9.17) is 33.2 Å². The van der Waals surface area contributed by atoms with Crippen molar-refractivity contribution in [2.45, 2.75) is 206 Å². The summed E-state index contributed by atoms with van der Waals surface area (Å²) in [4.78, 5) is 75.7. The second-order valence-corrected chi connectivity index (χ2v) is 23.9. The maximum absolute atomic E-state index is 14.7. The molecule has 1 amide bonds. The number of aliphatic hydroxyl groups excluding tert-OH is 1. The van der Waals surface area contributed by atoms with Crippen molar-refractivity contribution in [3.8, 4) is 0 Å². The summed E-state index contributed by atoms with van der Waals surface area (Å²) in [6.07, 6.45) is 16.0. The lowest BCUT2D eigenvalue weighted by atomic mass is 9.78. The Hall–Kier alpha value is -3.45. The van der Waals surface area contributed by atoms with Crippen LogP contribution in [0.2, 0.25) is 0 Å². The molecule has 2 N–H and O–H groups in total. The summed E-state index contributed by atoms with van der Waals surface area (Å²) in [5.74, 6) is -7.08. The van der Waals surface area contributed by atoms with Crippen molar-refractivity contribution in [1.29, 1.82) is 0 Å². The van der Waals surface area contributed by atoms with Crippen molar-refractivity contribution in [3.63, 3.8) is 0 Å². The van der Waals surface area contributed by atoms with E-state index in [1.165, 1.54) is 24.9 Å². The largest absolute Gasteiger partial charge is 0.460 e. The maximum Gasteiger partial charge on any atom is 0.329 e. The predicted octanol–water partition coefficient (Wildman–Crippen LogP) is 8.34. The van der Waals surface area contributed by atoms with Crippen molar-refractivity contribution < 1.29 is 67.3 Å². The van der Waals surface area contributed by atoms with E-state index in [0.717, 1.165) is 56.8 Å². The van der Waals surface area contributed by atoms with Crippen LogP contribution in [0.1, 0.15) is 152 Å². The second kappa shape index (κ2) is 32.3. The second-order valence-electron chi connectivity index (χ2n) is 23.9. The number of Topliss-reactive ketones (excluding diaryl/α,β-unsaturated/α-hetero) is 3. The summed E-state index contributed by atoms with van der Waals surface area (Å²) in [5.41, 5.74) is 1.27. The number of hydrogen-bond donors (Lipinski definition) is 2. The minimum Gasteiger partial charge on any atom is -0.460 e. The van der Waals surface area contributed by atoms with Gasteiger partial charge in [-0.15, -0.1) is 0 Å². The molecule has 0 radical (unpaired) electrons. The molecule has 5 aliphatic rings. The van der Waals surface area contributed by atoms with Gasteiger partial charge in [0.1, 0.15) is 30.1 Å². The van der Waals surface area contributed by atoms with Gasteiger partial charge in [0.2, 0.25) is 5.79 Å². The van der Waals surface area contributed by atoms with Crippen molar-refractivity contribution in [2.24, 2.45) is 41.4 Å². The zero-order chi connectivity index (χ0) is 57.1. The van der Waals surface area contributed by atoms with E-state index in [-0.39, 0.29) is 73.9 Å². The molecule has 16 nitrogen and oxygen atoms in total. The van der Waals surface area contributed by atoms with Gasteiger partial charge in [0.15, 0.2) is 5.78 Å². The minimum absolute atomic E-state index is 0.00644. The Morgan fingerprint density at radius 3 is 2.23 bits per heavy atom. The molecule has 16 heteroatoms. The van der Waals surface area contributed by atoms with Gasteiger partial charge in [-0.2, -0.15) is 0 Å². The first kappa shape index (κ1) is 65.4. The number of hydrogen-bond acceptors (Lipinski definition) is 15. The first-order chi connectivity index (χ1) is 37.2. The first-order valence-corrected chi connectivity index (χ1v) is 29.6. The molecule has 1 saturated carbocycles. The van der Waals surface area contributed by atoms with Gasteiger partial charge in [-0.3, -0.25) is 19.2 Å². The van der Waals surface area contributed by atoms with Crippen LogP contribution in [0.5, 0.6) is 0 Å². The lowest BCUT2D eigenvalue weighted by Gasteiger charge is -2.43. The maximum atomic E-state index is 14.7. The molecule has 2 bridgehead atoms. The van der Waals surface area contributed by atoms with Crippen LogP contribution >= 0.6 is 0 Å². The molecule has 78 heavy (non-hydrogen) atoms. The van der Waals surface area contributed by atoms with Gasteiger partial charge < -0.3 is 53.2 Å². The average molecular weight is 1100 g/mol. The molecule has 3 saturated heterocycles. The number of amides is 1. The Morgan fingerprint density at radius 1 is 0.782 bits per heavy atom. The summed E-state index contributed by atoms with van der Waals surface area (Å²) in [7, 11) is 4.70. The number of aliphatic hydroxyl groups is 2. The van der Waals surface area contributed by atoms with Crippen LogP contribution < -0.4 is 0 Å². The van der Waals surface area contributed by atoms with E-state index in [0.29, 0.717) is 57.3 Å². The Bertz CT molecular complexity index is 2050. The molecule has 0 aromatic carbocycles. The summed E-state index contributed by atoms with van der Waals surface area (Å²) in [6.45, 7) is 19.9. The number of ketones is 3. The van der Waals surface area contributed by atoms with E-state index >= 15 is 0 Å². The Kier molecular flexibility index (Phi) is 27.0. The number of ether oxygens (including phenoxy) is 7. The number of rotatable bonds is 14. The van der Waals surface area contributed by atoms with Crippen molar-refractivity contribution in [1.82, 2.24) is 9.80 Å². The van der Waals surface area contributed by atoms with E-state index in [2.05, 4.69) is 11.8 Å². The predicted molar refractivity (Wildman–Crippen MR) is 299 cm³/mol. The number of nitrogens with zero attached hydrogens (tertiary/aromatic N) is 2. The average Bonchev–Trinajstić information content (AvgIpc) is 3.46. The van der Waals surface area contributed by atoms with Gasteiger partial charge in [-0.05, 0) is 145 Å². The standard InChI is InChI=1S/C62H100N2O14/c1-40-25-29-63(30-26-40)27-17-31-75-52-24-22-48(37-55(52)73-10)36-44(5)54-39-51(65)43(4)35-46(7)57(67)58(74-11)56(66)45(6)34-41(2)18-13-12-14-19-42(3)53(76-33-32-72-9)38-49-23-21-47(8)62(71,78-49)59(68)60(69)64-28-16-15-20-50(64)61(70)77-54/h12-14,18-19,35,40-41,43-45,47-50,52-55,57-58,67,71H,15-17,20-34,36-39H2,1-11H3/b14-12?,18-13+,42-19?,46-35+/t41-,43-,44-,45-,47-,48+,49+,50?,52-,53?,54+,55-,57-,58+,62-/m1/s1. The molecular weight excluding hydrogens is 997 g/mol. The number of cyclic esters (lactones) is 1. The molecule has 0 spiro atoms. The van der Waals surface area contributed by atoms with Gasteiger partial charge in [-0.25, -0.2) is 4.79 Å². The molecule has 15 atom stereocenters. The first-order valence-electron chi connectivity index (χ1n) is 29.6. The molecule has 4 fully saturated rings. The lowest BCUT2D eigenvalue weighted by Crippen LogP contribution is -2.61. The topological polar surface area (TPSA) is 197 Å². The highest BCUT2D eigenvalue weighted by Crippen LogP contribution is 2.38. The van der Waals surface area contributed by atoms with Crippen molar-refractivity contribution in [3.05, 3.63) is 47.6 Å². The van der Waals surface area contributed by atoms with Crippen LogP contribution in [0.25, 0.3) is 0 Å². The number of piperidine rings is 2. The normalized spacial score (nSPS) is 36.3. The Balaban J connectivity index is 1.41. The highest BCUT2D eigenvalue weighted by atomic mass is 16.6. The van der Waals surface area contributed by atoms with Crippen LogP contribution in [0.3, 0.4) is 0 Å². The van der Waals surface area contributed by atoms with Crippen LogP contribution in [0.15, 0.2) is 47.6 Å². The van der Waals surface area contributed by atoms with E-state index < -0.39 is 77.8 Å². The Morgan fingerprint density at radius 2 is 1.53 bits per heavy atom. The quantitative estimate of drug-likeness (QED) is 0.0728. The molecule has 1 aliphatic carbocycles. The zero-order valence-electron chi connectivity index (χ0n) is 49.4. The van der Waals surface area contributed by atoms with Crippen LogP contribution in [-0.2, 0) is 57.1 Å². The van der Waals surface area contributed by atoms with E-state index in [1.807, 2.05) is 58.1 Å². The summed E-state index contributed by atoms with van der Waals surface area (Å²) in [6, 6.07) is -1.14. The van der Waals surface area contributed by atoms with Gasteiger partial charge in [-0.1, -0.05) is 78.0 Å². The highest BCUT2D eigenvalue weighted by Gasteiger charge is 2.53. The van der Waals surface area contributed by atoms with Crippen molar-refractivity contribution >= 4 is 29.2 Å². The fourth-order valence-corrected chi connectivity index (χ4v) is 12.3. The molecule has 4 aliphatic heterocycles. The third-order valence-electron chi connectivity index (χ3n) is 17.6. The van der Waals surface area contributed by atoms with Crippen LogP contribution in [0.4, 0.5) is 0 Å². The molecule has 2 unspecified atom stereocenters. The van der Waals surface area contributed by atoms with Gasteiger partial charge in [0, 0.05) is 71.6 Å². The zero-order valence-corrected chi connectivity index (χ0v) is 49.4. The third kappa shape index (κ3) is 18.8. The monoisotopic (exact) mass is 1100 g/mol. The number of carbonyl (C=O) groups is 5. The molecular formula is C62H100N2O14. The van der Waals surface area contributed by atoms with Gasteiger partial charge >= 0.3 is 5.97 Å². The lowest BCUT2D eigenvalue weighted by molar-refractivity contribution is -0.266. The number of methoxy groups -OCH3 is 3. The number of fused-ring (bicyclic) bond motifs is 3. The SMILES string of the molecule is COCCOC1C[C@@H]2CC[C@@H](C)[C@@](O)(O2)C(=O)C(=O)N2CCCCC2C(=O)O[C@H]([C@H](C)C[C@@H]2CC[C@@H](OCCCN3CCC(C)CC3)[C@H](OC)C2)CC(=O)[C@H](C)/C=C(\C)[C@@H](O)[C@@H](OC)C(=O)[C@H](C)C[C@H](C)/C=C/C=CC=C1C. The third-order valence-corrected chi connectivity index (χ3v) is 17.6. The van der Waals surface area contributed by atoms with Crippen molar-refractivity contribution in [2.75, 3.05) is 67.3 Å². The van der Waals surface area contributed by atoms with E-state index in [9.17, 15) is 34.2 Å². The fraction of sp³-hybridized carbons (Fsp3) is 0.790.